The predicted molar refractivity (Wildman–Crippen MR) is 79.1 cm³/mol. The fourth-order valence-corrected chi connectivity index (χ4v) is 3.63. The van der Waals surface area contributed by atoms with Crippen LogP contribution in [0.2, 0.25) is 0 Å². The van der Waals surface area contributed by atoms with Crippen molar-refractivity contribution < 1.29 is 4.79 Å². The van der Waals surface area contributed by atoms with Gasteiger partial charge in [-0.2, -0.15) is 0 Å². The highest BCUT2D eigenvalue weighted by molar-refractivity contribution is 5.76. The quantitative estimate of drug-likeness (QED) is 0.781. The molecule has 2 rings (SSSR count). The van der Waals surface area contributed by atoms with Crippen molar-refractivity contribution in [2.24, 2.45) is 5.92 Å². The number of amides is 1. The van der Waals surface area contributed by atoms with Crippen molar-refractivity contribution in [3.63, 3.8) is 0 Å². The molecule has 0 aromatic rings. The molecular formula is C16H30N2O. The van der Waals surface area contributed by atoms with E-state index in [4.69, 9.17) is 0 Å². The van der Waals surface area contributed by atoms with Crippen molar-refractivity contribution in [3.05, 3.63) is 0 Å². The van der Waals surface area contributed by atoms with Gasteiger partial charge in [0.1, 0.15) is 0 Å². The molecule has 0 N–H and O–H groups in total. The molecular weight excluding hydrogens is 236 g/mol. The second-order valence-corrected chi connectivity index (χ2v) is 6.43. The average molecular weight is 266 g/mol. The summed E-state index contributed by atoms with van der Waals surface area (Å²) in [6.45, 7) is 8.68. The van der Waals surface area contributed by atoms with E-state index < -0.39 is 0 Å². The highest BCUT2D eigenvalue weighted by Gasteiger charge is 2.24. The molecule has 0 radical (unpaired) electrons. The van der Waals surface area contributed by atoms with Gasteiger partial charge in [-0.1, -0.05) is 20.3 Å². The molecule has 3 nitrogen and oxygen atoms in total. The van der Waals surface area contributed by atoms with Gasteiger partial charge >= 0.3 is 0 Å². The first-order chi connectivity index (χ1) is 9.20. The standard InChI is InChI=1S/C16H30N2O/c1-3-15-8-4-5-10-17(15)12-9-16(19)18-11-6-7-14(2)13-18/h14-15H,3-13H2,1-2H3. The van der Waals surface area contributed by atoms with Crippen LogP contribution in [0.1, 0.15) is 58.8 Å². The van der Waals surface area contributed by atoms with E-state index >= 15 is 0 Å². The van der Waals surface area contributed by atoms with Gasteiger partial charge in [0.2, 0.25) is 5.91 Å². The third-order valence-electron chi connectivity index (χ3n) is 4.84. The Morgan fingerprint density at radius 1 is 1.16 bits per heavy atom. The summed E-state index contributed by atoms with van der Waals surface area (Å²) in [6, 6.07) is 0.724. The minimum absolute atomic E-state index is 0.381. The summed E-state index contributed by atoms with van der Waals surface area (Å²) in [5.41, 5.74) is 0. The second kappa shape index (κ2) is 7.28. The average Bonchev–Trinajstić information content (AvgIpc) is 2.45. The normalized spacial score (nSPS) is 29.5. The number of rotatable bonds is 4. The fraction of sp³-hybridized carbons (Fsp3) is 0.938. The van der Waals surface area contributed by atoms with Gasteiger partial charge in [-0.3, -0.25) is 9.69 Å². The number of likely N-dealkylation sites (tertiary alicyclic amines) is 2. The van der Waals surface area contributed by atoms with Crippen LogP contribution >= 0.6 is 0 Å². The smallest absolute Gasteiger partial charge is 0.223 e. The van der Waals surface area contributed by atoms with Crippen LogP contribution in [-0.4, -0.2) is 47.9 Å². The van der Waals surface area contributed by atoms with Gasteiger partial charge in [-0.15, -0.1) is 0 Å². The van der Waals surface area contributed by atoms with Gasteiger partial charge in [0.25, 0.3) is 0 Å². The number of nitrogens with zero attached hydrogens (tertiary/aromatic N) is 2. The van der Waals surface area contributed by atoms with Crippen LogP contribution in [0.3, 0.4) is 0 Å². The summed E-state index contributed by atoms with van der Waals surface area (Å²) < 4.78 is 0. The molecule has 2 saturated heterocycles. The maximum atomic E-state index is 12.3. The zero-order valence-corrected chi connectivity index (χ0v) is 12.7. The van der Waals surface area contributed by atoms with Gasteiger partial charge in [-0.05, 0) is 44.6 Å². The number of hydrogen-bond donors (Lipinski definition) is 0. The van der Waals surface area contributed by atoms with Gasteiger partial charge in [0.15, 0.2) is 0 Å². The molecule has 0 aliphatic carbocycles. The first-order valence-electron chi connectivity index (χ1n) is 8.22. The Balaban J connectivity index is 1.75. The second-order valence-electron chi connectivity index (χ2n) is 6.43. The van der Waals surface area contributed by atoms with E-state index in [1.54, 1.807) is 0 Å². The molecule has 2 unspecified atom stereocenters. The Labute approximate surface area is 118 Å². The maximum absolute atomic E-state index is 12.3. The SMILES string of the molecule is CCC1CCCCN1CCC(=O)N1CCCC(C)C1. The van der Waals surface area contributed by atoms with Gasteiger partial charge < -0.3 is 4.90 Å². The summed E-state index contributed by atoms with van der Waals surface area (Å²) in [7, 11) is 0. The van der Waals surface area contributed by atoms with Crippen molar-refractivity contribution in [3.8, 4) is 0 Å². The van der Waals surface area contributed by atoms with E-state index in [0.29, 0.717) is 11.8 Å². The minimum atomic E-state index is 0.381. The lowest BCUT2D eigenvalue weighted by molar-refractivity contribution is -0.133. The topological polar surface area (TPSA) is 23.6 Å². The van der Waals surface area contributed by atoms with Crippen molar-refractivity contribution in [2.75, 3.05) is 26.2 Å². The van der Waals surface area contributed by atoms with Crippen molar-refractivity contribution in [1.29, 1.82) is 0 Å². The van der Waals surface area contributed by atoms with Crippen LogP contribution in [0.25, 0.3) is 0 Å². The fourth-order valence-electron chi connectivity index (χ4n) is 3.63. The summed E-state index contributed by atoms with van der Waals surface area (Å²) in [4.78, 5) is 16.9. The lowest BCUT2D eigenvalue weighted by atomic mass is 9.99. The number of carbonyl (C=O) groups is 1. The lowest BCUT2D eigenvalue weighted by Gasteiger charge is -2.36. The van der Waals surface area contributed by atoms with E-state index in [1.807, 2.05) is 0 Å². The molecule has 2 aliphatic rings. The Morgan fingerprint density at radius 2 is 2.00 bits per heavy atom. The molecule has 3 heteroatoms. The Hall–Kier alpha value is -0.570. The molecule has 0 saturated carbocycles. The van der Waals surface area contributed by atoms with Gasteiger partial charge in [-0.25, -0.2) is 0 Å². The molecule has 2 aliphatic heterocycles. The first kappa shape index (κ1) is 14.8. The molecule has 110 valence electrons. The van der Waals surface area contributed by atoms with Crippen LogP contribution < -0.4 is 0 Å². The minimum Gasteiger partial charge on any atom is -0.342 e. The number of hydrogen-bond acceptors (Lipinski definition) is 2. The van der Waals surface area contributed by atoms with Crippen molar-refractivity contribution >= 4 is 5.91 Å². The molecule has 0 bridgehead atoms. The monoisotopic (exact) mass is 266 g/mol. The molecule has 2 fully saturated rings. The molecule has 0 aromatic carbocycles. The van der Waals surface area contributed by atoms with Crippen LogP contribution in [0.15, 0.2) is 0 Å². The van der Waals surface area contributed by atoms with E-state index in [2.05, 4.69) is 23.6 Å². The summed E-state index contributed by atoms with van der Waals surface area (Å²) in [6.07, 6.45) is 8.43. The third-order valence-corrected chi connectivity index (χ3v) is 4.84. The Morgan fingerprint density at radius 3 is 2.74 bits per heavy atom. The van der Waals surface area contributed by atoms with Crippen LogP contribution in [0.5, 0.6) is 0 Å². The summed E-state index contributed by atoms with van der Waals surface area (Å²) in [5.74, 6) is 1.07. The molecule has 0 aromatic heterocycles. The highest BCUT2D eigenvalue weighted by Crippen LogP contribution is 2.20. The molecule has 1 amide bonds. The zero-order valence-electron chi connectivity index (χ0n) is 12.7. The highest BCUT2D eigenvalue weighted by atomic mass is 16.2. The maximum Gasteiger partial charge on any atom is 0.223 e. The Bertz CT molecular complexity index is 292. The number of carbonyl (C=O) groups excluding carboxylic acids is 1. The lowest BCUT2D eigenvalue weighted by Crippen LogP contribution is -2.43. The summed E-state index contributed by atoms with van der Waals surface area (Å²) in [5, 5.41) is 0. The molecule has 2 atom stereocenters. The van der Waals surface area contributed by atoms with Gasteiger partial charge in [0, 0.05) is 32.1 Å². The van der Waals surface area contributed by atoms with E-state index in [-0.39, 0.29) is 0 Å². The largest absolute Gasteiger partial charge is 0.342 e. The molecule has 2 heterocycles. The van der Waals surface area contributed by atoms with Crippen LogP contribution in [0, 0.1) is 5.92 Å². The van der Waals surface area contributed by atoms with Crippen LogP contribution in [-0.2, 0) is 4.79 Å². The summed E-state index contributed by atoms with van der Waals surface area (Å²) >= 11 is 0. The van der Waals surface area contributed by atoms with E-state index in [0.717, 1.165) is 32.1 Å². The zero-order chi connectivity index (χ0) is 13.7. The first-order valence-corrected chi connectivity index (χ1v) is 8.22. The van der Waals surface area contributed by atoms with Crippen molar-refractivity contribution in [2.45, 2.75) is 64.8 Å². The molecule has 19 heavy (non-hydrogen) atoms. The third kappa shape index (κ3) is 4.20. The number of piperidine rings is 2. The Kier molecular flexibility index (Phi) is 5.68. The van der Waals surface area contributed by atoms with Crippen LogP contribution in [0.4, 0.5) is 0 Å². The van der Waals surface area contributed by atoms with E-state index in [1.165, 1.54) is 45.1 Å². The van der Waals surface area contributed by atoms with Crippen molar-refractivity contribution in [1.82, 2.24) is 9.80 Å². The predicted octanol–water partition coefficient (Wildman–Crippen LogP) is 2.90. The molecule has 0 spiro atoms. The van der Waals surface area contributed by atoms with Gasteiger partial charge in [0.05, 0.1) is 0 Å². The van der Waals surface area contributed by atoms with E-state index in [9.17, 15) is 4.79 Å².